The van der Waals surface area contributed by atoms with Crippen molar-refractivity contribution in [3.05, 3.63) is 29.8 Å². The van der Waals surface area contributed by atoms with Gasteiger partial charge in [-0.05, 0) is 30.2 Å². The molecular formula is C13H16O4. The topological polar surface area (TPSA) is 44.8 Å². The van der Waals surface area contributed by atoms with E-state index in [1.807, 2.05) is 19.1 Å². The van der Waals surface area contributed by atoms with Crippen LogP contribution in [0.2, 0.25) is 0 Å². The predicted molar refractivity (Wildman–Crippen MR) is 65.2 cm³/mol. The molecule has 92 valence electrons. The summed E-state index contributed by atoms with van der Waals surface area (Å²) in [6.45, 7) is 1.83. The summed E-state index contributed by atoms with van der Waals surface area (Å²) >= 11 is 0. The van der Waals surface area contributed by atoms with Crippen LogP contribution >= 0.6 is 0 Å². The first-order valence-electron chi connectivity index (χ1n) is 5.11. The molecule has 0 amide bonds. The molecule has 0 aromatic heterocycles. The molecule has 0 radical (unpaired) electrons. The first kappa shape index (κ1) is 13.1. The molecule has 4 nitrogen and oxygen atoms in total. The van der Waals surface area contributed by atoms with Gasteiger partial charge in [-0.15, -0.1) is 0 Å². The van der Waals surface area contributed by atoms with Crippen LogP contribution in [0.15, 0.2) is 24.3 Å². The van der Waals surface area contributed by atoms with Crippen LogP contribution in [0.3, 0.4) is 0 Å². The molecule has 0 aliphatic rings. The molecule has 0 aliphatic carbocycles. The van der Waals surface area contributed by atoms with Crippen molar-refractivity contribution in [2.24, 2.45) is 0 Å². The van der Waals surface area contributed by atoms with Crippen molar-refractivity contribution >= 4 is 11.5 Å². The molecule has 1 aromatic carbocycles. The Balaban J connectivity index is 3.07. The molecule has 1 rings (SSSR count). The second kappa shape index (κ2) is 5.94. The van der Waals surface area contributed by atoms with E-state index in [1.54, 1.807) is 20.3 Å². The van der Waals surface area contributed by atoms with Gasteiger partial charge in [0.2, 0.25) is 0 Å². The predicted octanol–water partition coefficient (Wildman–Crippen LogP) is 2.28. The number of rotatable bonds is 4. The maximum atomic E-state index is 11.1. The highest BCUT2D eigenvalue weighted by Crippen LogP contribution is 2.30. The van der Waals surface area contributed by atoms with E-state index in [0.29, 0.717) is 11.5 Å². The second-order valence-electron chi connectivity index (χ2n) is 3.42. The third kappa shape index (κ3) is 3.24. The van der Waals surface area contributed by atoms with Gasteiger partial charge in [-0.3, -0.25) is 0 Å². The van der Waals surface area contributed by atoms with Gasteiger partial charge in [0.15, 0.2) is 11.5 Å². The number of hydrogen-bond acceptors (Lipinski definition) is 4. The van der Waals surface area contributed by atoms with Crippen molar-refractivity contribution in [1.29, 1.82) is 0 Å². The van der Waals surface area contributed by atoms with Crippen LogP contribution in [-0.4, -0.2) is 27.3 Å². The lowest BCUT2D eigenvalue weighted by Crippen LogP contribution is -1.96. The summed E-state index contributed by atoms with van der Waals surface area (Å²) in [6, 6.07) is 5.46. The molecule has 17 heavy (non-hydrogen) atoms. The third-order valence-corrected chi connectivity index (χ3v) is 2.37. The average molecular weight is 236 g/mol. The standard InChI is InChI=1S/C13H16O4/c1-9(7-13(14)17-4)10-5-6-11(15-2)12(8-10)16-3/h5-8H,1-4H3/b9-7+. The Kier molecular flexibility index (Phi) is 4.57. The van der Waals surface area contributed by atoms with Gasteiger partial charge in [-0.25, -0.2) is 4.79 Å². The summed E-state index contributed by atoms with van der Waals surface area (Å²) < 4.78 is 14.9. The fourth-order valence-electron chi connectivity index (χ4n) is 1.40. The van der Waals surface area contributed by atoms with Gasteiger partial charge in [0.25, 0.3) is 0 Å². The van der Waals surface area contributed by atoms with Crippen LogP contribution in [0.5, 0.6) is 11.5 Å². The van der Waals surface area contributed by atoms with E-state index in [-0.39, 0.29) is 5.97 Å². The maximum Gasteiger partial charge on any atom is 0.330 e. The summed E-state index contributed by atoms with van der Waals surface area (Å²) in [5.74, 6) is 0.905. The molecule has 0 atom stereocenters. The average Bonchev–Trinajstić information content (AvgIpc) is 2.37. The molecule has 0 unspecified atom stereocenters. The second-order valence-corrected chi connectivity index (χ2v) is 3.42. The van der Waals surface area contributed by atoms with Crippen LogP contribution in [0.4, 0.5) is 0 Å². The Morgan fingerprint density at radius 2 is 1.76 bits per heavy atom. The summed E-state index contributed by atoms with van der Waals surface area (Å²) in [5.41, 5.74) is 1.69. The Hall–Kier alpha value is -1.97. The first-order chi connectivity index (χ1) is 8.12. The Morgan fingerprint density at radius 1 is 1.12 bits per heavy atom. The number of allylic oxidation sites excluding steroid dienone is 1. The number of esters is 1. The zero-order chi connectivity index (χ0) is 12.8. The van der Waals surface area contributed by atoms with E-state index >= 15 is 0 Å². The molecule has 0 N–H and O–H groups in total. The van der Waals surface area contributed by atoms with Gasteiger partial charge in [-0.1, -0.05) is 6.07 Å². The number of methoxy groups -OCH3 is 3. The Labute approximate surface area is 101 Å². The number of ether oxygens (including phenoxy) is 3. The molecule has 0 aliphatic heterocycles. The quantitative estimate of drug-likeness (QED) is 0.594. The molecule has 0 spiro atoms. The lowest BCUT2D eigenvalue weighted by atomic mass is 10.1. The SMILES string of the molecule is COC(=O)/C=C(\C)c1ccc(OC)c(OC)c1. The lowest BCUT2D eigenvalue weighted by Gasteiger charge is -2.09. The van der Waals surface area contributed by atoms with Gasteiger partial charge >= 0.3 is 5.97 Å². The normalized spacial score (nSPS) is 10.9. The number of benzene rings is 1. The molecule has 0 heterocycles. The van der Waals surface area contributed by atoms with Crippen LogP contribution in [0, 0.1) is 0 Å². The van der Waals surface area contributed by atoms with E-state index < -0.39 is 0 Å². The summed E-state index contributed by atoms with van der Waals surface area (Å²) in [5, 5.41) is 0. The number of carbonyl (C=O) groups excluding carboxylic acids is 1. The van der Waals surface area contributed by atoms with Gasteiger partial charge < -0.3 is 14.2 Å². The fraction of sp³-hybridized carbons (Fsp3) is 0.308. The molecule has 0 fully saturated rings. The van der Waals surface area contributed by atoms with Gasteiger partial charge in [-0.2, -0.15) is 0 Å². The van der Waals surface area contributed by atoms with Crippen LogP contribution in [0.25, 0.3) is 5.57 Å². The Bertz CT molecular complexity index is 435. The van der Waals surface area contributed by atoms with Gasteiger partial charge in [0, 0.05) is 6.08 Å². The molecule has 0 saturated carbocycles. The van der Waals surface area contributed by atoms with Crippen molar-refractivity contribution < 1.29 is 19.0 Å². The third-order valence-electron chi connectivity index (χ3n) is 2.37. The summed E-state index contributed by atoms with van der Waals surface area (Å²) in [4.78, 5) is 11.1. The number of carbonyl (C=O) groups is 1. The minimum absolute atomic E-state index is 0.378. The van der Waals surface area contributed by atoms with Gasteiger partial charge in [0.05, 0.1) is 21.3 Å². The zero-order valence-electron chi connectivity index (χ0n) is 10.4. The van der Waals surface area contributed by atoms with Crippen molar-refractivity contribution in [3.8, 4) is 11.5 Å². The smallest absolute Gasteiger partial charge is 0.330 e. The van der Waals surface area contributed by atoms with Crippen molar-refractivity contribution in [3.63, 3.8) is 0 Å². The van der Waals surface area contributed by atoms with E-state index in [9.17, 15) is 4.79 Å². The van der Waals surface area contributed by atoms with Crippen molar-refractivity contribution in [2.45, 2.75) is 6.92 Å². The minimum Gasteiger partial charge on any atom is -0.493 e. The number of hydrogen-bond donors (Lipinski definition) is 0. The van der Waals surface area contributed by atoms with Crippen LogP contribution in [-0.2, 0) is 9.53 Å². The highest BCUT2D eigenvalue weighted by molar-refractivity contribution is 5.91. The van der Waals surface area contributed by atoms with E-state index in [1.165, 1.54) is 13.2 Å². The first-order valence-corrected chi connectivity index (χ1v) is 5.11. The molecule has 0 bridgehead atoms. The van der Waals surface area contributed by atoms with Crippen molar-refractivity contribution in [1.82, 2.24) is 0 Å². The molecule has 0 saturated heterocycles. The van der Waals surface area contributed by atoms with Crippen LogP contribution in [0.1, 0.15) is 12.5 Å². The summed E-state index contributed by atoms with van der Waals surface area (Å²) in [6.07, 6.45) is 1.43. The van der Waals surface area contributed by atoms with Crippen LogP contribution < -0.4 is 9.47 Å². The van der Waals surface area contributed by atoms with E-state index in [4.69, 9.17) is 9.47 Å². The van der Waals surface area contributed by atoms with E-state index in [0.717, 1.165) is 11.1 Å². The van der Waals surface area contributed by atoms with Crippen molar-refractivity contribution in [2.75, 3.05) is 21.3 Å². The molecule has 4 heteroatoms. The molecule has 1 aromatic rings. The fourth-order valence-corrected chi connectivity index (χ4v) is 1.40. The minimum atomic E-state index is -0.378. The lowest BCUT2D eigenvalue weighted by molar-refractivity contribution is -0.134. The monoisotopic (exact) mass is 236 g/mol. The van der Waals surface area contributed by atoms with Gasteiger partial charge in [0.1, 0.15) is 0 Å². The maximum absolute atomic E-state index is 11.1. The zero-order valence-corrected chi connectivity index (χ0v) is 10.4. The highest BCUT2D eigenvalue weighted by Gasteiger charge is 2.06. The largest absolute Gasteiger partial charge is 0.493 e. The Morgan fingerprint density at radius 3 is 2.29 bits per heavy atom. The summed E-state index contributed by atoms with van der Waals surface area (Å²) in [7, 11) is 4.50. The van der Waals surface area contributed by atoms with E-state index in [2.05, 4.69) is 4.74 Å². The highest BCUT2D eigenvalue weighted by atomic mass is 16.5. The molecular weight excluding hydrogens is 220 g/mol.